The minimum Gasteiger partial charge on any atom is -0.490 e. The maximum atomic E-state index is 12.4. The van der Waals surface area contributed by atoms with E-state index >= 15 is 0 Å². The van der Waals surface area contributed by atoms with E-state index in [1.807, 2.05) is 11.9 Å². The smallest absolute Gasteiger partial charge is 0.253 e. The molecule has 1 aromatic heterocycles. The van der Waals surface area contributed by atoms with Crippen LogP contribution in [0.5, 0.6) is 5.75 Å². The van der Waals surface area contributed by atoms with Gasteiger partial charge in [-0.3, -0.25) is 14.7 Å². The standard InChI is InChI=1S/C23H29N3O2/c1-25(23(27)20-8-10-24-11-9-20)16-19-14-22(15-19)28-21-6-4-18(5-7-21)17-26-12-2-3-13-26/h4-11,19,22H,2-3,12-17H2,1H3. The lowest BCUT2D eigenvalue weighted by Crippen LogP contribution is -2.41. The first-order valence-corrected chi connectivity index (χ1v) is 10.3. The van der Waals surface area contributed by atoms with Gasteiger partial charge in [-0.1, -0.05) is 12.1 Å². The Labute approximate surface area is 167 Å². The lowest BCUT2D eigenvalue weighted by molar-refractivity contribution is 0.0419. The second-order valence-electron chi connectivity index (χ2n) is 8.13. The van der Waals surface area contributed by atoms with Crippen LogP contribution >= 0.6 is 0 Å². The monoisotopic (exact) mass is 379 g/mol. The molecule has 1 saturated carbocycles. The minimum atomic E-state index is 0.0559. The molecule has 5 heteroatoms. The fourth-order valence-electron chi connectivity index (χ4n) is 4.17. The summed E-state index contributed by atoms with van der Waals surface area (Å²) < 4.78 is 6.11. The second kappa shape index (κ2) is 8.74. The van der Waals surface area contributed by atoms with E-state index in [4.69, 9.17) is 4.74 Å². The molecule has 148 valence electrons. The molecule has 1 aliphatic heterocycles. The van der Waals surface area contributed by atoms with Gasteiger partial charge in [0.15, 0.2) is 0 Å². The molecular formula is C23H29N3O2. The quantitative estimate of drug-likeness (QED) is 0.737. The van der Waals surface area contributed by atoms with E-state index in [0.717, 1.165) is 31.7 Å². The van der Waals surface area contributed by atoms with E-state index in [2.05, 4.69) is 34.1 Å². The first-order valence-electron chi connectivity index (χ1n) is 10.3. The summed E-state index contributed by atoms with van der Waals surface area (Å²) in [5.74, 6) is 1.52. The predicted octanol–water partition coefficient (Wildman–Crippen LogP) is 3.61. The highest BCUT2D eigenvalue weighted by Crippen LogP contribution is 2.32. The number of ether oxygens (including phenoxy) is 1. The summed E-state index contributed by atoms with van der Waals surface area (Å²) in [6.45, 7) is 4.26. The summed E-state index contributed by atoms with van der Waals surface area (Å²) in [5, 5.41) is 0. The lowest BCUT2D eigenvalue weighted by atomic mass is 9.82. The number of hydrogen-bond donors (Lipinski definition) is 0. The lowest BCUT2D eigenvalue weighted by Gasteiger charge is -2.37. The molecule has 1 aliphatic carbocycles. The molecule has 1 amide bonds. The van der Waals surface area contributed by atoms with Crippen molar-refractivity contribution in [2.75, 3.05) is 26.7 Å². The highest BCUT2D eigenvalue weighted by Gasteiger charge is 2.32. The molecule has 0 atom stereocenters. The Hall–Kier alpha value is -2.40. The Morgan fingerprint density at radius 2 is 1.79 bits per heavy atom. The zero-order chi connectivity index (χ0) is 19.3. The van der Waals surface area contributed by atoms with Crippen molar-refractivity contribution in [2.45, 2.75) is 38.3 Å². The third kappa shape index (κ3) is 4.71. The summed E-state index contributed by atoms with van der Waals surface area (Å²) in [5.41, 5.74) is 2.05. The third-order valence-corrected chi connectivity index (χ3v) is 5.83. The fourth-order valence-corrected chi connectivity index (χ4v) is 4.17. The van der Waals surface area contributed by atoms with Gasteiger partial charge in [0.05, 0.1) is 6.10 Å². The highest BCUT2D eigenvalue weighted by molar-refractivity contribution is 5.93. The van der Waals surface area contributed by atoms with Crippen LogP contribution < -0.4 is 4.74 Å². The predicted molar refractivity (Wildman–Crippen MR) is 109 cm³/mol. The molecule has 2 fully saturated rings. The van der Waals surface area contributed by atoms with Gasteiger partial charge in [-0.05, 0) is 74.5 Å². The number of rotatable bonds is 7. The average molecular weight is 380 g/mol. The van der Waals surface area contributed by atoms with Crippen LogP contribution in [0, 0.1) is 5.92 Å². The molecule has 0 bridgehead atoms. The van der Waals surface area contributed by atoms with Gasteiger partial charge in [0, 0.05) is 38.1 Å². The van der Waals surface area contributed by atoms with E-state index in [0.29, 0.717) is 11.5 Å². The molecular weight excluding hydrogens is 350 g/mol. The third-order valence-electron chi connectivity index (χ3n) is 5.83. The summed E-state index contributed by atoms with van der Waals surface area (Å²) in [7, 11) is 1.87. The number of likely N-dealkylation sites (tertiary alicyclic amines) is 1. The second-order valence-corrected chi connectivity index (χ2v) is 8.13. The van der Waals surface area contributed by atoms with E-state index in [1.54, 1.807) is 24.5 Å². The Morgan fingerprint density at radius 3 is 2.46 bits per heavy atom. The molecule has 2 aliphatic rings. The molecule has 2 aromatic rings. The first-order chi connectivity index (χ1) is 13.7. The summed E-state index contributed by atoms with van der Waals surface area (Å²) in [6, 6.07) is 12.1. The molecule has 1 aromatic carbocycles. The number of pyridine rings is 1. The van der Waals surface area contributed by atoms with Gasteiger partial charge in [0.2, 0.25) is 0 Å². The molecule has 0 spiro atoms. The van der Waals surface area contributed by atoms with Crippen molar-refractivity contribution in [2.24, 2.45) is 5.92 Å². The molecule has 0 radical (unpaired) electrons. The SMILES string of the molecule is CN(CC1CC(Oc2ccc(CN3CCCC3)cc2)C1)C(=O)c1ccncc1. The van der Waals surface area contributed by atoms with Gasteiger partial charge < -0.3 is 9.64 Å². The van der Waals surface area contributed by atoms with E-state index in [-0.39, 0.29) is 12.0 Å². The first kappa shape index (κ1) is 18.9. The van der Waals surface area contributed by atoms with Crippen LogP contribution in [0.25, 0.3) is 0 Å². The van der Waals surface area contributed by atoms with Crippen molar-refractivity contribution in [1.29, 1.82) is 0 Å². The zero-order valence-electron chi connectivity index (χ0n) is 16.6. The van der Waals surface area contributed by atoms with Crippen LogP contribution in [-0.2, 0) is 6.54 Å². The van der Waals surface area contributed by atoms with Gasteiger partial charge in [0.1, 0.15) is 5.75 Å². The van der Waals surface area contributed by atoms with Crippen LogP contribution in [0.2, 0.25) is 0 Å². The van der Waals surface area contributed by atoms with Crippen molar-refractivity contribution in [1.82, 2.24) is 14.8 Å². The number of amides is 1. The van der Waals surface area contributed by atoms with Crippen molar-refractivity contribution in [3.8, 4) is 5.75 Å². The van der Waals surface area contributed by atoms with Crippen LogP contribution in [-0.4, -0.2) is 53.5 Å². The number of nitrogens with zero attached hydrogens (tertiary/aromatic N) is 3. The number of carbonyl (C=O) groups excluding carboxylic acids is 1. The van der Waals surface area contributed by atoms with Crippen molar-refractivity contribution in [3.63, 3.8) is 0 Å². The molecule has 5 nitrogen and oxygen atoms in total. The van der Waals surface area contributed by atoms with Gasteiger partial charge in [-0.2, -0.15) is 0 Å². The number of carbonyl (C=O) groups is 1. The van der Waals surface area contributed by atoms with Crippen molar-refractivity contribution >= 4 is 5.91 Å². The van der Waals surface area contributed by atoms with Crippen LogP contribution in [0.4, 0.5) is 0 Å². The Kier molecular flexibility index (Phi) is 5.91. The minimum absolute atomic E-state index is 0.0559. The van der Waals surface area contributed by atoms with Gasteiger partial charge in [-0.25, -0.2) is 0 Å². The van der Waals surface area contributed by atoms with Crippen LogP contribution in [0.15, 0.2) is 48.8 Å². The molecule has 1 saturated heterocycles. The average Bonchev–Trinajstić information content (AvgIpc) is 3.20. The molecule has 0 N–H and O–H groups in total. The molecule has 4 rings (SSSR count). The van der Waals surface area contributed by atoms with E-state index in [9.17, 15) is 4.79 Å². The maximum absolute atomic E-state index is 12.4. The van der Waals surface area contributed by atoms with Crippen molar-refractivity contribution < 1.29 is 9.53 Å². The Morgan fingerprint density at radius 1 is 1.11 bits per heavy atom. The van der Waals surface area contributed by atoms with Gasteiger partial charge >= 0.3 is 0 Å². The van der Waals surface area contributed by atoms with Crippen LogP contribution in [0.1, 0.15) is 41.6 Å². The van der Waals surface area contributed by atoms with E-state index in [1.165, 1.54) is 31.5 Å². The Balaban J connectivity index is 1.19. The maximum Gasteiger partial charge on any atom is 0.253 e. The molecule has 0 unspecified atom stereocenters. The summed E-state index contributed by atoms with van der Waals surface area (Å²) in [4.78, 5) is 20.7. The van der Waals surface area contributed by atoms with E-state index < -0.39 is 0 Å². The highest BCUT2D eigenvalue weighted by atomic mass is 16.5. The number of hydrogen-bond acceptors (Lipinski definition) is 4. The van der Waals surface area contributed by atoms with Gasteiger partial charge in [0.25, 0.3) is 5.91 Å². The largest absolute Gasteiger partial charge is 0.490 e. The molecule has 28 heavy (non-hydrogen) atoms. The zero-order valence-corrected chi connectivity index (χ0v) is 16.6. The summed E-state index contributed by atoms with van der Waals surface area (Å²) >= 11 is 0. The van der Waals surface area contributed by atoms with Crippen LogP contribution in [0.3, 0.4) is 0 Å². The molecule has 2 heterocycles. The van der Waals surface area contributed by atoms with Gasteiger partial charge in [-0.15, -0.1) is 0 Å². The topological polar surface area (TPSA) is 45.7 Å². The fraction of sp³-hybridized carbons (Fsp3) is 0.478. The number of aromatic nitrogens is 1. The van der Waals surface area contributed by atoms with Crippen molar-refractivity contribution in [3.05, 3.63) is 59.9 Å². The summed E-state index contributed by atoms with van der Waals surface area (Å²) in [6.07, 6.45) is 8.24. The normalized spacial score (nSPS) is 21.9. The number of benzene rings is 1. The Bertz CT molecular complexity index is 766.